The van der Waals surface area contributed by atoms with Crippen molar-refractivity contribution in [2.75, 3.05) is 13.7 Å². The Morgan fingerprint density at radius 1 is 1.56 bits per heavy atom. The summed E-state index contributed by atoms with van der Waals surface area (Å²) in [6.45, 7) is 0.505. The zero-order valence-corrected chi connectivity index (χ0v) is 10.1. The van der Waals surface area contributed by atoms with E-state index in [4.69, 9.17) is 16.2 Å². The summed E-state index contributed by atoms with van der Waals surface area (Å²) < 4.78 is 4.90. The van der Waals surface area contributed by atoms with Gasteiger partial charge in [0.25, 0.3) is 0 Å². The molecule has 100 valence electrons. The Hall–Kier alpha value is -1.86. The zero-order valence-electron chi connectivity index (χ0n) is 10.1. The number of hydrogen-bond donors (Lipinski definition) is 3. The second kappa shape index (κ2) is 6.18. The lowest BCUT2D eigenvalue weighted by Crippen LogP contribution is -2.13. The normalized spacial score (nSPS) is 12.2. The third-order valence-electron chi connectivity index (χ3n) is 2.64. The van der Waals surface area contributed by atoms with Gasteiger partial charge in [0.2, 0.25) is 5.75 Å². The molecule has 7 heteroatoms. The second-order valence-corrected chi connectivity index (χ2v) is 3.89. The van der Waals surface area contributed by atoms with Crippen LogP contribution in [-0.2, 0) is 0 Å². The topological polar surface area (TPSA) is 125 Å². The lowest BCUT2D eigenvalue weighted by atomic mass is 10.0. The molecule has 0 amide bonds. The van der Waals surface area contributed by atoms with Gasteiger partial charge in [0, 0.05) is 12.1 Å². The molecule has 0 unspecified atom stereocenters. The molecule has 7 nitrogen and oxygen atoms in total. The molecule has 0 saturated heterocycles. The fourth-order valence-electron chi connectivity index (χ4n) is 1.63. The minimum atomic E-state index is -0.670. The standard InChI is InChI=1S/C11H17N3O4/c1-18-10-6-7(8(13)3-2-4-12)5-9(11(10)15)14(16)17/h5-6,8,15H,2-4,12-13H2,1H3/t8-/m0/s1. The van der Waals surface area contributed by atoms with E-state index >= 15 is 0 Å². The quantitative estimate of drug-likeness (QED) is 0.515. The van der Waals surface area contributed by atoms with Gasteiger partial charge in [0.15, 0.2) is 5.75 Å². The maximum atomic E-state index is 10.8. The van der Waals surface area contributed by atoms with Crippen LogP contribution < -0.4 is 16.2 Å². The molecule has 0 spiro atoms. The van der Waals surface area contributed by atoms with Crippen molar-refractivity contribution in [1.82, 2.24) is 0 Å². The molecule has 5 N–H and O–H groups in total. The summed E-state index contributed by atoms with van der Waals surface area (Å²) in [4.78, 5) is 10.1. The van der Waals surface area contributed by atoms with Gasteiger partial charge in [-0.15, -0.1) is 0 Å². The zero-order chi connectivity index (χ0) is 13.7. The van der Waals surface area contributed by atoms with Crippen molar-refractivity contribution >= 4 is 5.69 Å². The molecule has 0 aliphatic heterocycles. The van der Waals surface area contributed by atoms with E-state index in [0.29, 0.717) is 18.5 Å². The first-order valence-corrected chi connectivity index (χ1v) is 5.52. The van der Waals surface area contributed by atoms with Crippen LogP contribution >= 0.6 is 0 Å². The number of nitrogens with two attached hydrogens (primary N) is 2. The monoisotopic (exact) mass is 255 g/mol. The number of hydrogen-bond acceptors (Lipinski definition) is 6. The van der Waals surface area contributed by atoms with Crippen LogP contribution in [0, 0.1) is 10.1 Å². The first-order chi connectivity index (χ1) is 8.51. The third kappa shape index (κ3) is 3.08. The molecule has 1 aromatic carbocycles. The summed E-state index contributed by atoms with van der Waals surface area (Å²) in [6.07, 6.45) is 1.33. The Bertz CT molecular complexity index is 437. The van der Waals surface area contributed by atoms with Gasteiger partial charge in [-0.2, -0.15) is 0 Å². The first-order valence-electron chi connectivity index (χ1n) is 5.52. The number of rotatable bonds is 6. The highest BCUT2D eigenvalue weighted by molar-refractivity contribution is 5.57. The number of phenols is 1. The number of methoxy groups -OCH3 is 1. The van der Waals surface area contributed by atoms with Crippen molar-refractivity contribution in [3.8, 4) is 11.5 Å². The average molecular weight is 255 g/mol. The van der Waals surface area contributed by atoms with Crippen molar-refractivity contribution in [3.05, 3.63) is 27.8 Å². The number of nitro groups is 1. The van der Waals surface area contributed by atoms with Crippen LogP contribution in [0.4, 0.5) is 5.69 Å². The highest BCUT2D eigenvalue weighted by Crippen LogP contribution is 2.38. The van der Waals surface area contributed by atoms with E-state index in [9.17, 15) is 15.2 Å². The summed E-state index contributed by atoms with van der Waals surface area (Å²) >= 11 is 0. The number of phenolic OH excluding ortho intramolecular Hbond substituents is 1. The van der Waals surface area contributed by atoms with Gasteiger partial charge in [0.1, 0.15) is 0 Å². The van der Waals surface area contributed by atoms with E-state index in [0.717, 1.165) is 6.42 Å². The van der Waals surface area contributed by atoms with Crippen LogP contribution in [0.15, 0.2) is 12.1 Å². The van der Waals surface area contributed by atoms with Crippen molar-refractivity contribution in [1.29, 1.82) is 0 Å². The molecule has 1 atom stereocenters. The fraction of sp³-hybridized carbons (Fsp3) is 0.455. The molecule has 0 aromatic heterocycles. The van der Waals surface area contributed by atoms with E-state index in [1.807, 2.05) is 0 Å². The highest BCUT2D eigenvalue weighted by Gasteiger charge is 2.21. The van der Waals surface area contributed by atoms with Crippen molar-refractivity contribution < 1.29 is 14.8 Å². The SMILES string of the molecule is COc1cc([C@@H](N)CCCN)cc([N+](=O)[O-])c1O. The Balaban J connectivity index is 3.13. The van der Waals surface area contributed by atoms with Crippen LogP contribution in [0.1, 0.15) is 24.4 Å². The van der Waals surface area contributed by atoms with E-state index in [1.54, 1.807) is 0 Å². The minimum absolute atomic E-state index is 0.0439. The summed E-state index contributed by atoms with van der Waals surface area (Å²) in [7, 11) is 1.33. The van der Waals surface area contributed by atoms with Crippen molar-refractivity contribution in [2.24, 2.45) is 11.5 Å². The maximum absolute atomic E-state index is 10.8. The molecule has 0 aliphatic carbocycles. The number of aromatic hydroxyl groups is 1. The predicted molar refractivity (Wildman–Crippen MR) is 66.5 cm³/mol. The van der Waals surface area contributed by atoms with Gasteiger partial charge in [-0.3, -0.25) is 10.1 Å². The summed E-state index contributed by atoms with van der Waals surface area (Å²) in [6, 6.07) is 2.39. The molecule has 0 aliphatic rings. The smallest absolute Gasteiger partial charge is 0.314 e. The maximum Gasteiger partial charge on any atom is 0.314 e. The molecule has 0 saturated carbocycles. The van der Waals surface area contributed by atoms with Crippen molar-refractivity contribution in [3.63, 3.8) is 0 Å². The van der Waals surface area contributed by atoms with Crippen LogP contribution in [0.2, 0.25) is 0 Å². The van der Waals surface area contributed by atoms with Crippen LogP contribution in [0.3, 0.4) is 0 Å². The van der Waals surface area contributed by atoms with Gasteiger partial charge >= 0.3 is 5.69 Å². The number of nitro benzene ring substituents is 1. The van der Waals surface area contributed by atoms with Crippen LogP contribution in [0.25, 0.3) is 0 Å². The summed E-state index contributed by atoms with van der Waals surface area (Å²) in [5.74, 6) is -0.445. The number of ether oxygens (including phenoxy) is 1. The van der Waals surface area contributed by atoms with Crippen molar-refractivity contribution in [2.45, 2.75) is 18.9 Å². The fourth-order valence-corrected chi connectivity index (χ4v) is 1.63. The van der Waals surface area contributed by atoms with Gasteiger partial charge < -0.3 is 21.3 Å². The van der Waals surface area contributed by atoms with E-state index in [2.05, 4.69) is 0 Å². The second-order valence-electron chi connectivity index (χ2n) is 3.89. The molecular formula is C11H17N3O4. The van der Waals surface area contributed by atoms with E-state index in [-0.39, 0.29) is 11.8 Å². The lowest BCUT2D eigenvalue weighted by Gasteiger charge is -2.13. The van der Waals surface area contributed by atoms with Crippen LogP contribution in [0.5, 0.6) is 11.5 Å². The third-order valence-corrected chi connectivity index (χ3v) is 2.64. The number of nitrogens with zero attached hydrogens (tertiary/aromatic N) is 1. The van der Waals surface area contributed by atoms with Gasteiger partial charge in [0.05, 0.1) is 12.0 Å². The molecule has 0 bridgehead atoms. The summed E-state index contributed by atoms with van der Waals surface area (Å²) in [5.41, 5.74) is 11.4. The minimum Gasteiger partial charge on any atom is -0.500 e. The highest BCUT2D eigenvalue weighted by atomic mass is 16.6. The van der Waals surface area contributed by atoms with Gasteiger partial charge in [-0.05, 0) is 31.0 Å². The Kier molecular flexibility index (Phi) is 4.87. The Labute approximate surface area is 104 Å². The van der Waals surface area contributed by atoms with E-state index in [1.165, 1.54) is 19.2 Å². The first kappa shape index (κ1) is 14.2. The Morgan fingerprint density at radius 2 is 2.22 bits per heavy atom. The summed E-state index contributed by atoms with van der Waals surface area (Å²) in [5, 5.41) is 20.4. The predicted octanol–water partition coefficient (Wildman–Crippen LogP) is 1.05. The molecular weight excluding hydrogens is 238 g/mol. The van der Waals surface area contributed by atoms with E-state index < -0.39 is 16.4 Å². The average Bonchev–Trinajstić information content (AvgIpc) is 2.35. The van der Waals surface area contributed by atoms with Gasteiger partial charge in [-0.1, -0.05) is 0 Å². The van der Waals surface area contributed by atoms with Gasteiger partial charge in [-0.25, -0.2) is 0 Å². The number of benzene rings is 1. The molecule has 0 radical (unpaired) electrons. The largest absolute Gasteiger partial charge is 0.500 e. The lowest BCUT2D eigenvalue weighted by molar-refractivity contribution is -0.386. The molecule has 1 aromatic rings. The Morgan fingerprint density at radius 3 is 2.72 bits per heavy atom. The molecule has 18 heavy (non-hydrogen) atoms. The van der Waals surface area contributed by atoms with Crippen LogP contribution in [-0.4, -0.2) is 23.7 Å². The molecule has 0 heterocycles. The molecule has 0 fully saturated rings. The molecule has 1 rings (SSSR count).